The van der Waals surface area contributed by atoms with E-state index in [0.717, 1.165) is 12.7 Å². The van der Waals surface area contributed by atoms with Crippen molar-refractivity contribution >= 4 is 35.2 Å². The molecule has 1 saturated carbocycles. The molecule has 1 unspecified atom stereocenters. The second kappa shape index (κ2) is 8.96. The number of rotatable bonds is 6. The standard InChI is InChI=1S/C20H22F3N3O4.ClH/c1-2-24-7-10-5-6-25(8-10)18-15(22)14(21)13-17(16(18)23)26(11-3-4-11)9-12(19(13)27)30-20(28)29;/h9-11,24H,2-8H2,1H3,(H,28,29);1H. The summed E-state index contributed by atoms with van der Waals surface area (Å²) in [6.45, 7) is 4.15. The molecule has 2 heterocycles. The van der Waals surface area contributed by atoms with E-state index >= 15 is 8.78 Å². The molecule has 1 aliphatic heterocycles. The molecule has 7 nitrogen and oxygen atoms in total. The van der Waals surface area contributed by atoms with E-state index < -0.39 is 45.9 Å². The number of hydrogen-bond acceptors (Lipinski definition) is 5. The monoisotopic (exact) mass is 461 g/mol. The minimum absolute atomic E-state index is 0. The van der Waals surface area contributed by atoms with Gasteiger partial charge < -0.3 is 24.6 Å². The average Bonchev–Trinajstić information content (AvgIpc) is 3.44. The van der Waals surface area contributed by atoms with Gasteiger partial charge in [-0.3, -0.25) is 4.79 Å². The van der Waals surface area contributed by atoms with Crippen molar-refractivity contribution in [3.05, 3.63) is 33.9 Å². The van der Waals surface area contributed by atoms with Gasteiger partial charge in [0.15, 0.2) is 23.2 Å². The van der Waals surface area contributed by atoms with E-state index in [1.165, 1.54) is 9.47 Å². The molecule has 2 aromatic rings. The largest absolute Gasteiger partial charge is 0.511 e. The van der Waals surface area contributed by atoms with Gasteiger partial charge in [0.25, 0.3) is 0 Å². The summed E-state index contributed by atoms with van der Waals surface area (Å²) in [6.07, 6.45) is 1.29. The van der Waals surface area contributed by atoms with Crippen LogP contribution >= 0.6 is 12.4 Å². The van der Waals surface area contributed by atoms with Crippen LogP contribution in [0.4, 0.5) is 23.7 Å². The molecule has 1 atom stereocenters. The number of halogens is 4. The molecule has 2 aliphatic rings. The van der Waals surface area contributed by atoms with Crippen LogP contribution in [0.3, 0.4) is 0 Å². The highest BCUT2D eigenvalue weighted by molar-refractivity contribution is 5.87. The van der Waals surface area contributed by atoms with Crippen molar-refractivity contribution < 1.29 is 27.8 Å². The highest BCUT2D eigenvalue weighted by Gasteiger charge is 2.35. The Kier molecular flexibility index (Phi) is 6.70. The van der Waals surface area contributed by atoms with Gasteiger partial charge in [0.2, 0.25) is 5.43 Å². The van der Waals surface area contributed by atoms with Crippen LogP contribution in [0.15, 0.2) is 11.0 Å². The first-order chi connectivity index (χ1) is 14.3. The fourth-order valence-electron chi connectivity index (χ4n) is 4.09. The van der Waals surface area contributed by atoms with Gasteiger partial charge in [-0.25, -0.2) is 18.0 Å². The van der Waals surface area contributed by atoms with Gasteiger partial charge in [-0.05, 0) is 38.3 Å². The maximum Gasteiger partial charge on any atom is 0.511 e. The number of fused-ring (bicyclic) bond motifs is 1. The summed E-state index contributed by atoms with van der Waals surface area (Å²) in [5, 5.41) is 11.2. The molecule has 4 rings (SSSR count). The number of benzene rings is 1. The Morgan fingerprint density at radius 1 is 1.23 bits per heavy atom. The predicted molar refractivity (Wildman–Crippen MR) is 111 cm³/mol. The van der Waals surface area contributed by atoms with Crippen LogP contribution in [0.2, 0.25) is 0 Å². The molecule has 0 bridgehead atoms. The van der Waals surface area contributed by atoms with Crippen molar-refractivity contribution in [2.45, 2.75) is 32.2 Å². The molecule has 2 N–H and O–H groups in total. The number of carboxylic acid groups (broad SMARTS) is 1. The first kappa shape index (κ1) is 23.2. The highest BCUT2D eigenvalue weighted by atomic mass is 35.5. The number of anilines is 1. The average molecular weight is 462 g/mol. The van der Waals surface area contributed by atoms with E-state index in [1.807, 2.05) is 6.92 Å². The number of hydrogen-bond donors (Lipinski definition) is 2. The highest BCUT2D eigenvalue weighted by Crippen LogP contribution is 2.41. The summed E-state index contributed by atoms with van der Waals surface area (Å²) in [4.78, 5) is 24.9. The molecule has 11 heteroatoms. The summed E-state index contributed by atoms with van der Waals surface area (Å²) in [7, 11) is 0. The van der Waals surface area contributed by atoms with Gasteiger partial charge >= 0.3 is 6.16 Å². The summed E-state index contributed by atoms with van der Waals surface area (Å²) in [5.41, 5.74) is -2.04. The molecule has 0 amide bonds. The summed E-state index contributed by atoms with van der Waals surface area (Å²) < 4.78 is 51.3. The van der Waals surface area contributed by atoms with Crippen molar-refractivity contribution in [1.82, 2.24) is 9.88 Å². The van der Waals surface area contributed by atoms with Crippen LogP contribution < -0.4 is 20.4 Å². The molecule has 1 aromatic heterocycles. The van der Waals surface area contributed by atoms with Gasteiger partial charge in [0.05, 0.1) is 17.1 Å². The normalized spacial score (nSPS) is 18.3. The molecule has 31 heavy (non-hydrogen) atoms. The van der Waals surface area contributed by atoms with Crippen molar-refractivity contribution in [1.29, 1.82) is 0 Å². The fourth-order valence-corrected chi connectivity index (χ4v) is 4.09. The number of nitrogens with zero attached hydrogens (tertiary/aromatic N) is 2. The Bertz CT molecular complexity index is 1070. The minimum atomic E-state index is -1.77. The molecule has 0 spiro atoms. The predicted octanol–water partition coefficient (Wildman–Crippen LogP) is 3.67. The van der Waals surface area contributed by atoms with Gasteiger partial charge in [0, 0.05) is 19.1 Å². The maximum absolute atomic E-state index is 15.6. The van der Waals surface area contributed by atoms with E-state index in [0.29, 0.717) is 38.9 Å². The van der Waals surface area contributed by atoms with Crippen LogP contribution in [-0.2, 0) is 0 Å². The number of nitrogens with one attached hydrogen (secondary N) is 1. The molecular formula is C20H23ClF3N3O4. The Hall–Kier alpha value is -2.46. The van der Waals surface area contributed by atoms with Crippen LogP contribution in [0.1, 0.15) is 32.2 Å². The second-order valence-corrected chi connectivity index (χ2v) is 7.75. The fraction of sp³-hybridized carbons (Fsp3) is 0.500. The second-order valence-electron chi connectivity index (χ2n) is 7.75. The maximum atomic E-state index is 15.6. The third kappa shape index (κ3) is 4.18. The van der Waals surface area contributed by atoms with Crippen LogP contribution in [0.25, 0.3) is 10.9 Å². The number of pyridine rings is 1. The number of aromatic nitrogens is 1. The molecule has 0 radical (unpaired) electrons. The van der Waals surface area contributed by atoms with Gasteiger partial charge in [-0.2, -0.15) is 0 Å². The molecule has 2 fully saturated rings. The Labute approximate surface area is 182 Å². The quantitative estimate of drug-likeness (QED) is 0.504. The third-order valence-corrected chi connectivity index (χ3v) is 5.66. The zero-order valence-corrected chi connectivity index (χ0v) is 17.6. The SMILES string of the molecule is CCNCC1CCN(c2c(F)c(F)c3c(=O)c(OC(=O)O)cn(C4CC4)c3c2F)C1.Cl. The topological polar surface area (TPSA) is 83.8 Å². The third-order valence-electron chi connectivity index (χ3n) is 5.66. The van der Waals surface area contributed by atoms with Crippen molar-refractivity contribution in [3.63, 3.8) is 0 Å². The summed E-state index contributed by atoms with van der Waals surface area (Å²) in [5.74, 6) is -4.47. The summed E-state index contributed by atoms with van der Waals surface area (Å²) >= 11 is 0. The zero-order chi connectivity index (χ0) is 21.6. The smallest absolute Gasteiger partial charge is 0.449 e. The number of carbonyl (C=O) groups is 1. The van der Waals surface area contributed by atoms with Crippen molar-refractivity contribution in [2.24, 2.45) is 5.92 Å². The summed E-state index contributed by atoms with van der Waals surface area (Å²) in [6, 6.07) is -0.239. The Morgan fingerprint density at radius 3 is 2.55 bits per heavy atom. The molecule has 170 valence electrons. The molecule has 1 saturated heterocycles. The van der Waals surface area contributed by atoms with Gasteiger partial charge in [0.1, 0.15) is 5.69 Å². The lowest BCUT2D eigenvalue weighted by Gasteiger charge is -2.23. The van der Waals surface area contributed by atoms with Gasteiger partial charge in [-0.1, -0.05) is 6.92 Å². The number of ether oxygens (including phenoxy) is 1. The lowest BCUT2D eigenvalue weighted by Crippen LogP contribution is -2.28. The lowest BCUT2D eigenvalue weighted by molar-refractivity contribution is 0.143. The van der Waals surface area contributed by atoms with E-state index in [1.54, 1.807) is 0 Å². The van der Waals surface area contributed by atoms with E-state index in [2.05, 4.69) is 10.1 Å². The lowest BCUT2D eigenvalue weighted by atomic mass is 10.1. The molecular weight excluding hydrogens is 439 g/mol. The Morgan fingerprint density at radius 2 is 1.94 bits per heavy atom. The van der Waals surface area contributed by atoms with Crippen LogP contribution in [0.5, 0.6) is 5.75 Å². The van der Waals surface area contributed by atoms with Crippen molar-refractivity contribution in [3.8, 4) is 5.75 Å². The van der Waals surface area contributed by atoms with Crippen LogP contribution in [0, 0.1) is 23.4 Å². The van der Waals surface area contributed by atoms with E-state index in [9.17, 15) is 14.0 Å². The first-order valence-electron chi connectivity index (χ1n) is 9.95. The van der Waals surface area contributed by atoms with Crippen LogP contribution in [-0.4, -0.2) is 42.0 Å². The first-order valence-corrected chi connectivity index (χ1v) is 9.95. The Balaban J connectivity index is 0.00000272. The van der Waals surface area contributed by atoms with E-state index in [-0.39, 0.29) is 29.9 Å². The van der Waals surface area contributed by atoms with Crippen molar-refractivity contribution in [2.75, 3.05) is 31.1 Å². The minimum Gasteiger partial charge on any atom is -0.449 e. The van der Waals surface area contributed by atoms with E-state index in [4.69, 9.17) is 5.11 Å². The molecule has 1 aromatic carbocycles. The molecule has 1 aliphatic carbocycles. The van der Waals surface area contributed by atoms with Gasteiger partial charge in [-0.15, -0.1) is 12.4 Å². The zero-order valence-electron chi connectivity index (χ0n) is 16.8.